The van der Waals surface area contributed by atoms with Crippen LogP contribution in [0.1, 0.15) is 18.6 Å². The fourth-order valence-electron chi connectivity index (χ4n) is 1.67. The average molecular weight is 263 g/mol. The molecule has 0 N–H and O–H groups in total. The van der Waals surface area contributed by atoms with Crippen molar-refractivity contribution < 1.29 is 19.2 Å². The Hall–Kier alpha value is -2.77. The standard InChI is InChI=1S/C11H9N3O5/c1-6(15)13-9-4-10(14(17)18)11(19-7(2)16)3-8(9)5-12-13/h3-5H,1-2H3. The molecular formula is C11H9N3O5. The van der Waals surface area contributed by atoms with Crippen LogP contribution in [0.4, 0.5) is 5.69 Å². The first-order valence-electron chi connectivity index (χ1n) is 5.25. The van der Waals surface area contributed by atoms with Gasteiger partial charge in [0.05, 0.1) is 16.6 Å². The topological polar surface area (TPSA) is 104 Å². The third kappa shape index (κ3) is 2.28. The molecule has 1 aromatic carbocycles. The van der Waals surface area contributed by atoms with Crippen LogP contribution in [0.3, 0.4) is 0 Å². The minimum absolute atomic E-state index is 0.173. The highest BCUT2D eigenvalue weighted by Crippen LogP contribution is 2.32. The number of fused-ring (bicyclic) bond motifs is 1. The molecule has 8 nitrogen and oxygen atoms in total. The van der Waals surface area contributed by atoms with E-state index in [0.29, 0.717) is 5.39 Å². The number of carbonyl (C=O) groups is 2. The summed E-state index contributed by atoms with van der Waals surface area (Å²) in [6.07, 6.45) is 1.37. The van der Waals surface area contributed by atoms with Gasteiger partial charge in [0.2, 0.25) is 11.7 Å². The van der Waals surface area contributed by atoms with Gasteiger partial charge in [-0.3, -0.25) is 19.7 Å². The first kappa shape index (κ1) is 12.7. The maximum absolute atomic E-state index is 11.3. The van der Waals surface area contributed by atoms with E-state index in [1.54, 1.807) is 0 Å². The van der Waals surface area contributed by atoms with E-state index in [2.05, 4.69) is 5.10 Å². The van der Waals surface area contributed by atoms with E-state index in [9.17, 15) is 19.7 Å². The lowest BCUT2D eigenvalue weighted by Crippen LogP contribution is -2.08. The molecule has 0 radical (unpaired) electrons. The molecule has 0 amide bonds. The number of esters is 1. The fourth-order valence-corrected chi connectivity index (χ4v) is 1.67. The van der Waals surface area contributed by atoms with Gasteiger partial charge in [0.15, 0.2) is 0 Å². The van der Waals surface area contributed by atoms with Crippen LogP contribution in [0.15, 0.2) is 18.3 Å². The highest BCUT2D eigenvalue weighted by molar-refractivity contribution is 5.92. The zero-order valence-electron chi connectivity index (χ0n) is 10.1. The van der Waals surface area contributed by atoms with Gasteiger partial charge in [-0.15, -0.1) is 0 Å². The van der Waals surface area contributed by atoms with Gasteiger partial charge in [-0.1, -0.05) is 0 Å². The number of ether oxygens (including phenoxy) is 1. The normalized spacial score (nSPS) is 10.4. The zero-order valence-corrected chi connectivity index (χ0v) is 10.1. The molecule has 2 aromatic rings. The highest BCUT2D eigenvalue weighted by Gasteiger charge is 2.20. The highest BCUT2D eigenvalue weighted by atomic mass is 16.6. The van der Waals surface area contributed by atoms with Crippen LogP contribution >= 0.6 is 0 Å². The Balaban J connectivity index is 2.70. The number of carbonyl (C=O) groups excluding carboxylic acids is 2. The molecule has 0 saturated heterocycles. The van der Waals surface area contributed by atoms with Crippen LogP contribution < -0.4 is 4.74 Å². The van der Waals surface area contributed by atoms with Crippen LogP contribution in [-0.4, -0.2) is 26.6 Å². The second-order valence-corrected chi connectivity index (χ2v) is 3.80. The van der Waals surface area contributed by atoms with Gasteiger partial charge < -0.3 is 4.74 Å². The average Bonchev–Trinajstić information content (AvgIpc) is 2.69. The van der Waals surface area contributed by atoms with E-state index in [-0.39, 0.29) is 17.2 Å². The fraction of sp³-hybridized carbons (Fsp3) is 0.182. The lowest BCUT2D eigenvalue weighted by molar-refractivity contribution is -0.385. The first-order valence-corrected chi connectivity index (χ1v) is 5.25. The SMILES string of the molecule is CC(=O)Oc1cc2cnn(C(C)=O)c2cc1[N+](=O)[O-]. The van der Waals surface area contributed by atoms with Gasteiger partial charge >= 0.3 is 11.7 Å². The maximum Gasteiger partial charge on any atom is 0.313 e. The van der Waals surface area contributed by atoms with E-state index < -0.39 is 16.6 Å². The monoisotopic (exact) mass is 263 g/mol. The van der Waals surface area contributed by atoms with Crippen molar-refractivity contribution in [3.05, 3.63) is 28.4 Å². The van der Waals surface area contributed by atoms with Crippen LogP contribution in [0.2, 0.25) is 0 Å². The first-order chi connectivity index (χ1) is 8.90. The van der Waals surface area contributed by atoms with Crippen molar-refractivity contribution in [2.24, 2.45) is 0 Å². The van der Waals surface area contributed by atoms with E-state index in [1.807, 2.05) is 0 Å². The molecule has 0 aliphatic heterocycles. The molecule has 0 bridgehead atoms. The van der Waals surface area contributed by atoms with Gasteiger partial charge in [-0.25, -0.2) is 4.68 Å². The quantitative estimate of drug-likeness (QED) is 0.352. The summed E-state index contributed by atoms with van der Waals surface area (Å²) in [7, 11) is 0. The Labute approximate surface area is 106 Å². The van der Waals surface area contributed by atoms with Gasteiger partial charge in [0.1, 0.15) is 0 Å². The number of nitro benzene ring substituents is 1. The minimum Gasteiger partial charge on any atom is -0.419 e. The van der Waals surface area contributed by atoms with Gasteiger partial charge in [0.25, 0.3) is 0 Å². The molecule has 0 fully saturated rings. The third-order valence-corrected chi connectivity index (χ3v) is 2.40. The molecule has 0 aliphatic carbocycles. The van der Waals surface area contributed by atoms with E-state index in [1.165, 1.54) is 19.2 Å². The molecule has 0 aliphatic rings. The van der Waals surface area contributed by atoms with Crippen molar-refractivity contribution in [2.45, 2.75) is 13.8 Å². The predicted molar refractivity (Wildman–Crippen MR) is 64.0 cm³/mol. The van der Waals surface area contributed by atoms with Crippen LogP contribution in [0.5, 0.6) is 5.75 Å². The van der Waals surface area contributed by atoms with Crippen LogP contribution in [-0.2, 0) is 4.79 Å². The summed E-state index contributed by atoms with van der Waals surface area (Å²) in [5.74, 6) is -1.21. The van der Waals surface area contributed by atoms with Crippen LogP contribution in [0.25, 0.3) is 10.9 Å². The number of rotatable bonds is 2. The predicted octanol–water partition coefficient (Wildman–Crippen LogP) is 1.53. The molecular weight excluding hydrogens is 254 g/mol. The zero-order chi connectivity index (χ0) is 14.2. The molecule has 1 aromatic heterocycles. The van der Waals surface area contributed by atoms with Crippen molar-refractivity contribution in [2.75, 3.05) is 0 Å². The second kappa shape index (κ2) is 4.48. The van der Waals surface area contributed by atoms with Crippen LogP contribution in [0, 0.1) is 10.1 Å². The largest absolute Gasteiger partial charge is 0.419 e. The van der Waals surface area contributed by atoms with Crippen molar-refractivity contribution in [3.8, 4) is 5.75 Å². The molecule has 0 unspecified atom stereocenters. The minimum atomic E-state index is -0.685. The number of hydrogen-bond acceptors (Lipinski definition) is 6. The van der Waals surface area contributed by atoms with Crippen molar-refractivity contribution in [1.29, 1.82) is 0 Å². The Bertz CT molecular complexity index is 704. The summed E-state index contributed by atoms with van der Waals surface area (Å²) in [5, 5.41) is 15.2. The van der Waals surface area contributed by atoms with Crippen molar-refractivity contribution in [3.63, 3.8) is 0 Å². The number of nitro groups is 1. The summed E-state index contributed by atoms with van der Waals surface area (Å²) in [6.45, 7) is 2.44. The second-order valence-electron chi connectivity index (χ2n) is 3.80. The number of aromatic nitrogens is 2. The third-order valence-electron chi connectivity index (χ3n) is 2.40. The molecule has 1 heterocycles. The Morgan fingerprint density at radius 2 is 2.05 bits per heavy atom. The van der Waals surface area contributed by atoms with E-state index >= 15 is 0 Å². The Morgan fingerprint density at radius 3 is 2.58 bits per heavy atom. The molecule has 2 rings (SSSR count). The van der Waals surface area contributed by atoms with Crippen molar-refractivity contribution in [1.82, 2.24) is 9.78 Å². The van der Waals surface area contributed by atoms with E-state index in [0.717, 1.165) is 17.7 Å². The molecule has 0 atom stereocenters. The Kier molecular flexibility index (Phi) is 2.99. The van der Waals surface area contributed by atoms with E-state index in [4.69, 9.17) is 4.74 Å². The summed E-state index contributed by atoms with van der Waals surface area (Å²) in [4.78, 5) is 32.5. The summed E-state index contributed by atoms with van der Waals surface area (Å²) < 4.78 is 5.82. The summed E-state index contributed by atoms with van der Waals surface area (Å²) >= 11 is 0. The molecule has 8 heteroatoms. The van der Waals surface area contributed by atoms with Gasteiger partial charge in [-0.05, 0) is 6.07 Å². The van der Waals surface area contributed by atoms with Gasteiger partial charge in [-0.2, -0.15) is 5.10 Å². The number of hydrogen-bond donors (Lipinski definition) is 0. The number of nitrogens with zero attached hydrogens (tertiary/aromatic N) is 3. The number of benzene rings is 1. The lowest BCUT2D eigenvalue weighted by Gasteiger charge is -2.03. The smallest absolute Gasteiger partial charge is 0.313 e. The molecule has 19 heavy (non-hydrogen) atoms. The lowest BCUT2D eigenvalue weighted by atomic mass is 10.2. The molecule has 98 valence electrons. The molecule has 0 spiro atoms. The maximum atomic E-state index is 11.3. The summed E-state index contributed by atoms with van der Waals surface area (Å²) in [5.41, 5.74) is -0.110. The van der Waals surface area contributed by atoms with Gasteiger partial charge in [0, 0.05) is 25.3 Å². The van der Waals surface area contributed by atoms with Crippen molar-refractivity contribution >= 4 is 28.5 Å². The summed E-state index contributed by atoms with van der Waals surface area (Å²) in [6, 6.07) is 2.46. The Morgan fingerprint density at radius 1 is 1.37 bits per heavy atom. The molecule has 0 saturated carbocycles.